The summed E-state index contributed by atoms with van der Waals surface area (Å²) in [5.74, 6) is 1.64. The molecule has 1 aromatic carbocycles. The fraction of sp³-hybridized carbons (Fsp3) is 0.214. The summed E-state index contributed by atoms with van der Waals surface area (Å²) in [6, 6.07) is 7.25. The minimum atomic E-state index is 0. The number of nitrogens with zero attached hydrogens (tertiary/aromatic N) is 3. The summed E-state index contributed by atoms with van der Waals surface area (Å²) in [5.41, 5.74) is 0.851. The molecule has 0 aliphatic carbocycles. The van der Waals surface area contributed by atoms with Crippen LogP contribution in [0.25, 0.3) is 11.4 Å². The van der Waals surface area contributed by atoms with Crippen LogP contribution in [-0.4, -0.2) is 29.7 Å². The molecule has 1 heterocycles. The second-order valence-corrected chi connectivity index (χ2v) is 4.55. The van der Waals surface area contributed by atoms with Crippen LogP contribution in [0.15, 0.2) is 46.4 Å². The topological polar surface area (TPSA) is 75.3 Å². The predicted octanol–water partition coefficient (Wildman–Crippen LogP) is 2.86. The van der Waals surface area contributed by atoms with E-state index in [1.54, 1.807) is 25.3 Å². The molecule has 2 aromatic rings. The lowest BCUT2D eigenvalue weighted by Gasteiger charge is -2.07. The van der Waals surface area contributed by atoms with Gasteiger partial charge in [0.25, 0.3) is 0 Å². The number of aliphatic imine (C=N–C) groups is 1. The van der Waals surface area contributed by atoms with E-state index in [0.29, 0.717) is 35.8 Å². The van der Waals surface area contributed by atoms with E-state index in [-0.39, 0.29) is 24.0 Å². The molecule has 0 amide bonds. The molecular formula is C14H17ClIN5O. The lowest BCUT2D eigenvalue weighted by atomic mass is 10.2. The van der Waals surface area contributed by atoms with E-state index in [1.807, 2.05) is 12.1 Å². The average molecular weight is 434 g/mol. The van der Waals surface area contributed by atoms with Gasteiger partial charge in [0.1, 0.15) is 0 Å². The highest BCUT2D eigenvalue weighted by Gasteiger charge is 2.08. The molecule has 0 atom stereocenters. The Morgan fingerprint density at radius 2 is 2.09 bits per heavy atom. The Kier molecular flexibility index (Phi) is 7.89. The molecule has 8 heteroatoms. The van der Waals surface area contributed by atoms with Crippen LogP contribution in [0.3, 0.4) is 0 Å². The highest BCUT2D eigenvalue weighted by atomic mass is 127. The molecule has 0 radical (unpaired) electrons. The van der Waals surface area contributed by atoms with Crippen molar-refractivity contribution >= 4 is 41.5 Å². The van der Waals surface area contributed by atoms with Gasteiger partial charge in [-0.2, -0.15) is 4.98 Å². The molecule has 0 fully saturated rings. The van der Waals surface area contributed by atoms with Crippen molar-refractivity contribution in [1.82, 2.24) is 20.8 Å². The molecule has 0 saturated carbocycles. The third kappa shape index (κ3) is 5.30. The summed E-state index contributed by atoms with van der Waals surface area (Å²) >= 11 is 5.85. The largest absolute Gasteiger partial charge is 0.353 e. The Bertz CT molecular complexity index is 626. The lowest BCUT2D eigenvalue weighted by Crippen LogP contribution is -2.36. The molecule has 0 aliphatic heterocycles. The van der Waals surface area contributed by atoms with E-state index in [4.69, 9.17) is 16.1 Å². The van der Waals surface area contributed by atoms with Crippen molar-refractivity contribution in [3.05, 3.63) is 47.8 Å². The zero-order chi connectivity index (χ0) is 15.1. The first kappa shape index (κ1) is 18.4. The molecule has 0 bridgehead atoms. The van der Waals surface area contributed by atoms with Crippen LogP contribution in [0.4, 0.5) is 0 Å². The Balaban J connectivity index is 0.00000242. The normalized spacial score (nSPS) is 10.7. The number of hydrogen-bond donors (Lipinski definition) is 2. The van der Waals surface area contributed by atoms with Crippen LogP contribution < -0.4 is 10.6 Å². The number of halogens is 2. The van der Waals surface area contributed by atoms with Gasteiger partial charge in [-0.3, -0.25) is 4.99 Å². The van der Waals surface area contributed by atoms with Crippen molar-refractivity contribution in [2.75, 3.05) is 13.6 Å². The van der Waals surface area contributed by atoms with E-state index in [0.717, 1.165) is 5.56 Å². The lowest BCUT2D eigenvalue weighted by molar-refractivity contribution is 0.375. The molecular weight excluding hydrogens is 417 g/mol. The average Bonchev–Trinajstić information content (AvgIpc) is 2.97. The fourth-order valence-corrected chi connectivity index (χ4v) is 1.72. The molecule has 2 N–H and O–H groups in total. The van der Waals surface area contributed by atoms with Crippen molar-refractivity contribution in [1.29, 1.82) is 0 Å². The van der Waals surface area contributed by atoms with Gasteiger partial charge in [0.15, 0.2) is 5.96 Å². The highest BCUT2D eigenvalue weighted by molar-refractivity contribution is 14.0. The van der Waals surface area contributed by atoms with E-state index >= 15 is 0 Å². The predicted molar refractivity (Wildman–Crippen MR) is 98.6 cm³/mol. The zero-order valence-electron chi connectivity index (χ0n) is 12.0. The maximum absolute atomic E-state index is 5.85. The van der Waals surface area contributed by atoms with Crippen LogP contribution in [0.5, 0.6) is 0 Å². The highest BCUT2D eigenvalue weighted by Crippen LogP contribution is 2.18. The van der Waals surface area contributed by atoms with Crippen LogP contribution in [0.1, 0.15) is 5.89 Å². The summed E-state index contributed by atoms with van der Waals surface area (Å²) in [6.07, 6.45) is 1.75. The second-order valence-electron chi connectivity index (χ2n) is 4.11. The number of aromatic nitrogens is 2. The van der Waals surface area contributed by atoms with Gasteiger partial charge in [-0.1, -0.05) is 22.8 Å². The third-order valence-electron chi connectivity index (χ3n) is 2.62. The third-order valence-corrected chi connectivity index (χ3v) is 2.87. The maximum Gasteiger partial charge on any atom is 0.246 e. The first-order valence-corrected chi connectivity index (χ1v) is 6.74. The van der Waals surface area contributed by atoms with E-state index < -0.39 is 0 Å². The molecule has 6 nitrogen and oxygen atoms in total. The number of rotatable bonds is 5. The Labute approximate surface area is 151 Å². The van der Waals surface area contributed by atoms with Gasteiger partial charge >= 0.3 is 0 Å². The Hall–Kier alpha value is -1.61. The van der Waals surface area contributed by atoms with Crippen LogP contribution >= 0.6 is 35.6 Å². The van der Waals surface area contributed by atoms with E-state index in [1.165, 1.54) is 0 Å². The van der Waals surface area contributed by atoms with Gasteiger partial charge in [-0.25, -0.2) is 0 Å². The SMILES string of the molecule is C=CCNC(=NC)NCc1nc(-c2ccc(Cl)cc2)no1.I. The fourth-order valence-electron chi connectivity index (χ4n) is 1.59. The summed E-state index contributed by atoms with van der Waals surface area (Å²) in [4.78, 5) is 8.37. The first-order valence-electron chi connectivity index (χ1n) is 6.37. The first-order chi connectivity index (χ1) is 10.2. The summed E-state index contributed by atoms with van der Waals surface area (Å²) in [6.45, 7) is 4.64. The molecule has 118 valence electrons. The Morgan fingerprint density at radius 3 is 2.73 bits per heavy atom. The van der Waals surface area contributed by atoms with Gasteiger partial charge in [0, 0.05) is 24.2 Å². The van der Waals surface area contributed by atoms with Crippen LogP contribution in [-0.2, 0) is 6.54 Å². The molecule has 0 spiro atoms. The van der Waals surface area contributed by atoms with Gasteiger partial charge < -0.3 is 15.2 Å². The standard InChI is InChI=1S/C14H16ClN5O.HI/c1-3-8-17-14(16-2)18-9-12-19-13(20-21-12)10-4-6-11(15)7-5-10;/h3-7H,1,8-9H2,2H3,(H2,16,17,18);1H. The molecule has 0 unspecified atom stereocenters. The summed E-state index contributed by atoms with van der Waals surface area (Å²) in [5, 5.41) is 10.7. The number of hydrogen-bond acceptors (Lipinski definition) is 4. The van der Waals surface area contributed by atoms with Crippen LogP contribution in [0.2, 0.25) is 5.02 Å². The van der Waals surface area contributed by atoms with E-state index in [2.05, 4.69) is 32.3 Å². The molecule has 1 aromatic heterocycles. The smallest absolute Gasteiger partial charge is 0.246 e. The number of nitrogens with one attached hydrogen (secondary N) is 2. The van der Waals surface area contributed by atoms with Crippen molar-refractivity contribution in [2.45, 2.75) is 6.54 Å². The second kappa shape index (κ2) is 9.42. The molecule has 22 heavy (non-hydrogen) atoms. The van der Waals surface area contributed by atoms with Crippen molar-refractivity contribution in [3.8, 4) is 11.4 Å². The van der Waals surface area contributed by atoms with Crippen molar-refractivity contribution in [2.24, 2.45) is 4.99 Å². The van der Waals surface area contributed by atoms with E-state index in [9.17, 15) is 0 Å². The van der Waals surface area contributed by atoms with Crippen LogP contribution in [0, 0.1) is 0 Å². The monoisotopic (exact) mass is 433 g/mol. The van der Waals surface area contributed by atoms with Crippen molar-refractivity contribution in [3.63, 3.8) is 0 Å². The quantitative estimate of drug-likeness (QED) is 0.328. The Morgan fingerprint density at radius 1 is 1.36 bits per heavy atom. The minimum absolute atomic E-state index is 0. The summed E-state index contributed by atoms with van der Waals surface area (Å²) < 4.78 is 5.19. The van der Waals surface area contributed by atoms with Crippen molar-refractivity contribution < 1.29 is 4.52 Å². The maximum atomic E-state index is 5.85. The van der Waals surface area contributed by atoms with Gasteiger partial charge in [-0.05, 0) is 24.3 Å². The summed E-state index contributed by atoms with van der Waals surface area (Å²) in [7, 11) is 1.69. The van der Waals surface area contributed by atoms with Gasteiger partial charge in [0.05, 0.1) is 6.54 Å². The van der Waals surface area contributed by atoms with Gasteiger partial charge in [0.2, 0.25) is 11.7 Å². The molecule has 0 aliphatic rings. The minimum Gasteiger partial charge on any atom is -0.353 e. The number of benzene rings is 1. The zero-order valence-corrected chi connectivity index (χ0v) is 15.1. The number of guanidine groups is 1. The van der Waals surface area contributed by atoms with Gasteiger partial charge in [-0.15, -0.1) is 30.6 Å². The molecule has 2 rings (SSSR count). The molecule has 0 saturated heterocycles.